The van der Waals surface area contributed by atoms with Crippen molar-refractivity contribution in [3.8, 4) is 0 Å². The first-order chi connectivity index (χ1) is 8.65. The van der Waals surface area contributed by atoms with Gasteiger partial charge < -0.3 is 19.5 Å². The molecule has 0 bridgehead atoms. The Balaban J connectivity index is 1.88. The van der Waals surface area contributed by atoms with Gasteiger partial charge in [0.25, 0.3) is 0 Å². The summed E-state index contributed by atoms with van der Waals surface area (Å²) in [7, 11) is -1.67. The van der Waals surface area contributed by atoms with Crippen LogP contribution in [0.3, 0.4) is 0 Å². The Labute approximate surface area is 105 Å². The summed E-state index contributed by atoms with van der Waals surface area (Å²) in [6.07, 6.45) is 2.17. The van der Waals surface area contributed by atoms with Crippen LogP contribution in [0.5, 0.6) is 0 Å². The summed E-state index contributed by atoms with van der Waals surface area (Å²) in [6, 6.07) is 3.93. The molecule has 1 aromatic rings. The second kappa shape index (κ2) is 6.29. The van der Waals surface area contributed by atoms with Gasteiger partial charge in [-0.25, -0.2) is 4.39 Å². The third-order valence-corrected chi connectivity index (χ3v) is 2.87. The predicted octanol–water partition coefficient (Wildman–Crippen LogP) is 0.201. The lowest BCUT2D eigenvalue weighted by Gasteiger charge is -2.11. The van der Waals surface area contributed by atoms with Gasteiger partial charge >= 0.3 is 7.12 Å². The van der Waals surface area contributed by atoms with Crippen molar-refractivity contribution < 1.29 is 23.9 Å². The highest BCUT2D eigenvalue weighted by Crippen LogP contribution is 2.13. The normalized spacial score (nSPS) is 19.2. The molecule has 1 saturated heterocycles. The first-order valence-corrected chi connectivity index (χ1v) is 6.00. The van der Waals surface area contributed by atoms with Crippen LogP contribution in [0.4, 0.5) is 4.39 Å². The summed E-state index contributed by atoms with van der Waals surface area (Å²) in [5.41, 5.74) is 0.710. The van der Waals surface area contributed by atoms with Crippen LogP contribution < -0.4 is 5.46 Å². The molecule has 18 heavy (non-hydrogen) atoms. The molecule has 98 valence electrons. The summed E-state index contributed by atoms with van der Waals surface area (Å²) >= 11 is 0. The predicted molar refractivity (Wildman–Crippen MR) is 64.9 cm³/mol. The molecule has 1 aliphatic rings. The van der Waals surface area contributed by atoms with Crippen molar-refractivity contribution >= 4 is 12.6 Å². The molecule has 0 aliphatic carbocycles. The topological polar surface area (TPSA) is 58.9 Å². The highest BCUT2D eigenvalue weighted by molar-refractivity contribution is 6.58. The fourth-order valence-electron chi connectivity index (χ4n) is 1.99. The lowest BCUT2D eigenvalue weighted by atomic mass is 9.79. The van der Waals surface area contributed by atoms with Gasteiger partial charge in [0.2, 0.25) is 0 Å². The molecule has 0 radical (unpaired) electrons. The van der Waals surface area contributed by atoms with Gasteiger partial charge in [0.1, 0.15) is 5.82 Å². The van der Waals surface area contributed by atoms with Gasteiger partial charge in [-0.1, -0.05) is 6.07 Å². The molecule has 1 atom stereocenters. The Hall–Kier alpha value is -0.945. The average Bonchev–Trinajstić information content (AvgIpc) is 2.81. The summed E-state index contributed by atoms with van der Waals surface area (Å²) < 4.78 is 24.0. The van der Waals surface area contributed by atoms with E-state index in [0.717, 1.165) is 25.5 Å². The second-order valence-corrected chi connectivity index (χ2v) is 4.42. The summed E-state index contributed by atoms with van der Waals surface area (Å²) in [4.78, 5) is 0. The number of rotatable bonds is 5. The number of ether oxygens (including phenoxy) is 2. The molecule has 0 spiro atoms. The van der Waals surface area contributed by atoms with Crippen molar-refractivity contribution in [2.75, 3.05) is 13.2 Å². The van der Waals surface area contributed by atoms with E-state index in [0.29, 0.717) is 12.2 Å². The second-order valence-electron chi connectivity index (χ2n) is 4.42. The van der Waals surface area contributed by atoms with Crippen molar-refractivity contribution in [3.05, 3.63) is 29.6 Å². The van der Waals surface area contributed by atoms with E-state index in [1.165, 1.54) is 12.1 Å². The van der Waals surface area contributed by atoms with Gasteiger partial charge in [0, 0.05) is 6.61 Å². The molecular weight excluding hydrogens is 238 g/mol. The Morgan fingerprint density at radius 2 is 2.22 bits per heavy atom. The van der Waals surface area contributed by atoms with Gasteiger partial charge in [0.05, 0.1) is 19.3 Å². The molecule has 6 heteroatoms. The van der Waals surface area contributed by atoms with Crippen LogP contribution in [0.25, 0.3) is 0 Å². The van der Waals surface area contributed by atoms with Crippen molar-refractivity contribution in [2.45, 2.75) is 25.6 Å². The van der Waals surface area contributed by atoms with E-state index in [1.807, 2.05) is 0 Å². The van der Waals surface area contributed by atoms with Gasteiger partial charge in [0.15, 0.2) is 0 Å². The Kier molecular flexibility index (Phi) is 4.71. The lowest BCUT2D eigenvalue weighted by molar-refractivity contribution is 0.0105. The van der Waals surface area contributed by atoms with Gasteiger partial charge in [-0.2, -0.15) is 0 Å². The Bertz CT molecular complexity index is 394. The zero-order valence-corrected chi connectivity index (χ0v) is 10.0. The number of hydrogen-bond donors (Lipinski definition) is 2. The molecule has 2 rings (SSSR count). The van der Waals surface area contributed by atoms with E-state index < -0.39 is 12.9 Å². The zero-order valence-electron chi connectivity index (χ0n) is 10.0. The minimum atomic E-state index is -1.67. The third kappa shape index (κ3) is 3.78. The van der Waals surface area contributed by atoms with Crippen molar-refractivity contribution in [1.82, 2.24) is 0 Å². The number of benzene rings is 1. The smallest absolute Gasteiger partial charge is 0.423 e. The monoisotopic (exact) mass is 254 g/mol. The third-order valence-electron chi connectivity index (χ3n) is 2.87. The maximum atomic E-state index is 13.2. The summed E-state index contributed by atoms with van der Waals surface area (Å²) in [5, 5.41) is 18.0. The van der Waals surface area contributed by atoms with Gasteiger partial charge in [-0.05, 0) is 36.0 Å². The standard InChI is InChI=1S/C12H16BFO4/c14-11-5-9(4-10(6-11)13(15)16)7-17-8-12-2-1-3-18-12/h4-6,12,15-16H,1-3,7-8H2. The largest absolute Gasteiger partial charge is 0.488 e. The van der Waals surface area contributed by atoms with E-state index in [4.69, 9.17) is 19.5 Å². The molecular formula is C12H16BFO4. The minimum Gasteiger partial charge on any atom is -0.423 e. The highest BCUT2D eigenvalue weighted by atomic mass is 19.1. The molecule has 1 aliphatic heterocycles. The molecule has 0 saturated carbocycles. The quantitative estimate of drug-likeness (QED) is 0.737. The van der Waals surface area contributed by atoms with Crippen molar-refractivity contribution in [3.63, 3.8) is 0 Å². The molecule has 1 fully saturated rings. The van der Waals surface area contributed by atoms with Crippen molar-refractivity contribution in [1.29, 1.82) is 0 Å². The fourth-order valence-corrected chi connectivity index (χ4v) is 1.99. The van der Waals surface area contributed by atoms with E-state index in [2.05, 4.69) is 0 Å². The van der Waals surface area contributed by atoms with E-state index >= 15 is 0 Å². The molecule has 2 N–H and O–H groups in total. The van der Waals surface area contributed by atoms with E-state index in [9.17, 15) is 4.39 Å². The summed E-state index contributed by atoms with van der Waals surface area (Å²) in [5.74, 6) is -0.503. The Morgan fingerprint density at radius 1 is 1.39 bits per heavy atom. The maximum Gasteiger partial charge on any atom is 0.488 e. The molecule has 1 aromatic carbocycles. The van der Waals surface area contributed by atoms with Crippen LogP contribution in [0.15, 0.2) is 18.2 Å². The average molecular weight is 254 g/mol. The van der Waals surface area contributed by atoms with Crippen molar-refractivity contribution in [2.24, 2.45) is 0 Å². The van der Waals surface area contributed by atoms with Crippen LogP contribution in [0, 0.1) is 5.82 Å². The Morgan fingerprint density at radius 3 is 2.89 bits per heavy atom. The minimum absolute atomic E-state index is 0.126. The van der Waals surface area contributed by atoms with Crippen LogP contribution in [-0.2, 0) is 16.1 Å². The first-order valence-electron chi connectivity index (χ1n) is 6.00. The SMILES string of the molecule is OB(O)c1cc(F)cc(COCC2CCCO2)c1. The van der Waals surface area contributed by atoms with Crippen LogP contribution in [0.1, 0.15) is 18.4 Å². The van der Waals surface area contributed by atoms with Gasteiger partial charge in [-0.15, -0.1) is 0 Å². The molecule has 1 heterocycles. The maximum absolute atomic E-state index is 13.2. The molecule has 0 amide bonds. The fraction of sp³-hybridized carbons (Fsp3) is 0.500. The molecule has 1 unspecified atom stereocenters. The van der Waals surface area contributed by atoms with Crippen LogP contribution in [0.2, 0.25) is 0 Å². The number of hydrogen-bond acceptors (Lipinski definition) is 4. The van der Waals surface area contributed by atoms with Crippen LogP contribution >= 0.6 is 0 Å². The lowest BCUT2D eigenvalue weighted by Crippen LogP contribution is -2.30. The zero-order chi connectivity index (χ0) is 13.0. The highest BCUT2D eigenvalue weighted by Gasteiger charge is 2.16. The summed E-state index contributed by atoms with van der Waals surface area (Å²) in [6.45, 7) is 1.49. The number of halogens is 1. The van der Waals surface area contributed by atoms with Crippen LogP contribution in [-0.4, -0.2) is 36.5 Å². The molecule has 4 nitrogen and oxygen atoms in total. The van der Waals surface area contributed by atoms with E-state index in [-0.39, 0.29) is 18.2 Å². The van der Waals surface area contributed by atoms with Gasteiger partial charge in [-0.3, -0.25) is 0 Å². The van der Waals surface area contributed by atoms with E-state index in [1.54, 1.807) is 0 Å². The molecule has 0 aromatic heterocycles. The first kappa shape index (κ1) is 13.5.